The minimum absolute atomic E-state index is 0.0350. The molecule has 1 atom stereocenters. The van der Waals surface area contributed by atoms with Gasteiger partial charge in [0, 0.05) is 0 Å². The zero-order chi connectivity index (χ0) is 20.0. The van der Waals surface area contributed by atoms with Crippen molar-refractivity contribution in [3.05, 3.63) is 58.1 Å². The fourth-order valence-corrected chi connectivity index (χ4v) is 2.20. The third kappa shape index (κ3) is 5.43. The van der Waals surface area contributed by atoms with Gasteiger partial charge < -0.3 is 19.9 Å². The van der Waals surface area contributed by atoms with E-state index in [4.69, 9.17) is 9.47 Å². The van der Waals surface area contributed by atoms with E-state index in [0.29, 0.717) is 5.56 Å². The summed E-state index contributed by atoms with van der Waals surface area (Å²) in [5.41, 5.74) is 0.230. The van der Waals surface area contributed by atoms with E-state index < -0.39 is 22.9 Å². The number of anilines is 1. The number of amides is 1. The minimum atomic E-state index is -1.16. The van der Waals surface area contributed by atoms with E-state index in [1.54, 1.807) is 12.1 Å². The maximum absolute atomic E-state index is 12.2. The van der Waals surface area contributed by atoms with Gasteiger partial charge >= 0.3 is 5.97 Å². The van der Waals surface area contributed by atoms with Crippen LogP contribution in [0.4, 0.5) is 11.4 Å². The topological polar surface area (TPSA) is 128 Å². The fraction of sp³-hybridized carbons (Fsp3) is 0.222. The molecule has 0 aliphatic carbocycles. The molecular formula is C18H18N2O7. The third-order valence-electron chi connectivity index (χ3n) is 3.62. The highest BCUT2D eigenvalue weighted by Gasteiger charge is 2.22. The summed E-state index contributed by atoms with van der Waals surface area (Å²) in [5, 5.41) is 22.7. The van der Waals surface area contributed by atoms with Gasteiger partial charge in [0.15, 0.2) is 6.10 Å². The van der Waals surface area contributed by atoms with Gasteiger partial charge in [-0.3, -0.25) is 19.7 Å². The maximum Gasteiger partial charge on any atom is 0.311 e. The van der Waals surface area contributed by atoms with Crippen LogP contribution in [0.1, 0.15) is 12.5 Å². The van der Waals surface area contributed by atoms with Gasteiger partial charge in [0.2, 0.25) is 0 Å². The molecule has 2 rings (SSSR count). The van der Waals surface area contributed by atoms with Crippen LogP contribution in [0, 0.1) is 10.1 Å². The molecule has 0 spiro atoms. The number of hydrogen-bond acceptors (Lipinski definition) is 7. The van der Waals surface area contributed by atoms with Crippen LogP contribution in [0.15, 0.2) is 42.5 Å². The number of carbonyl (C=O) groups excluding carboxylic acids is 2. The SMILES string of the molecule is COc1ccc(NC(=O)[C@H](C)OC(=O)Cc2ccc(O)cc2)c([N+](=O)[O-])c1. The van der Waals surface area contributed by atoms with Crippen molar-refractivity contribution in [3.63, 3.8) is 0 Å². The predicted molar refractivity (Wildman–Crippen MR) is 95.6 cm³/mol. The van der Waals surface area contributed by atoms with Crippen LogP contribution in [-0.4, -0.2) is 35.1 Å². The van der Waals surface area contributed by atoms with Crippen molar-refractivity contribution in [3.8, 4) is 11.5 Å². The summed E-state index contributed by atoms with van der Waals surface area (Å²) >= 11 is 0. The van der Waals surface area contributed by atoms with Crippen molar-refractivity contribution in [1.29, 1.82) is 0 Å². The van der Waals surface area contributed by atoms with Crippen molar-refractivity contribution < 1.29 is 29.1 Å². The second-order valence-corrected chi connectivity index (χ2v) is 5.60. The Bertz CT molecular complexity index is 849. The number of carbonyl (C=O) groups is 2. The number of esters is 1. The Kier molecular flexibility index (Phi) is 6.32. The van der Waals surface area contributed by atoms with Crippen LogP contribution in [0.25, 0.3) is 0 Å². The normalized spacial score (nSPS) is 11.3. The molecule has 9 heteroatoms. The molecule has 0 aromatic heterocycles. The minimum Gasteiger partial charge on any atom is -0.508 e. The lowest BCUT2D eigenvalue weighted by molar-refractivity contribution is -0.384. The number of benzene rings is 2. The number of ether oxygens (including phenoxy) is 2. The van der Waals surface area contributed by atoms with Crippen molar-refractivity contribution in [2.45, 2.75) is 19.4 Å². The number of nitrogens with one attached hydrogen (secondary N) is 1. The molecule has 0 unspecified atom stereocenters. The molecule has 0 bridgehead atoms. The van der Waals surface area contributed by atoms with E-state index in [2.05, 4.69) is 5.32 Å². The van der Waals surface area contributed by atoms with Crippen LogP contribution < -0.4 is 10.1 Å². The fourth-order valence-electron chi connectivity index (χ4n) is 2.20. The van der Waals surface area contributed by atoms with Crippen LogP contribution in [0.3, 0.4) is 0 Å². The number of rotatable bonds is 7. The van der Waals surface area contributed by atoms with Crippen molar-refractivity contribution in [2.75, 3.05) is 12.4 Å². The van der Waals surface area contributed by atoms with Gasteiger partial charge in [0.05, 0.1) is 24.5 Å². The molecule has 27 heavy (non-hydrogen) atoms. The molecule has 0 saturated carbocycles. The Labute approximate surface area is 154 Å². The van der Waals surface area contributed by atoms with Crippen LogP contribution in [0.2, 0.25) is 0 Å². The predicted octanol–water partition coefficient (Wildman–Crippen LogP) is 2.42. The maximum atomic E-state index is 12.2. The molecule has 2 aromatic rings. The zero-order valence-electron chi connectivity index (χ0n) is 14.7. The Hall–Kier alpha value is -3.62. The average molecular weight is 374 g/mol. The summed E-state index contributed by atoms with van der Waals surface area (Å²) in [6.45, 7) is 1.36. The molecule has 0 aliphatic heterocycles. The summed E-state index contributed by atoms with van der Waals surface area (Å²) in [6.07, 6.45) is -1.24. The summed E-state index contributed by atoms with van der Waals surface area (Å²) in [4.78, 5) is 34.6. The highest BCUT2D eigenvalue weighted by molar-refractivity contribution is 5.97. The Morgan fingerprint density at radius 1 is 1.22 bits per heavy atom. The van der Waals surface area contributed by atoms with E-state index >= 15 is 0 Å². The molecule has 1 amide bonds. The van der Waals surface area contributed by atoms with Crippen LogP contribution in [0.5, 0.6) is 11.5 Å². The molecule has 0 radical (unpaired) electrons. The molecule has 0 heterocycles. The van der Waals surface area contributed by atoms with Gasteiger partial charge in [0.1, 0.15) is 17.2 Å². The smallest absolute Gasteiger partial charge is 0.311 e. The zero-order valence-corrected chi connectivity index (χ0v) is 14.7. The molecule has 0 fully saturated rings. The van der Waals surface area contributed by atoms with Crippen molar-refractivity contribution in [2.24, 2.45) is 0 Å². The van der Waals surface area contributed by atoms with Crippen LogP contribution in [-0.2, 0) is 20.7 Å². The number of nitro benzene ring substituents is 1. The largest absolute Gasteiger partial charge is 0.508 e. The number of methoxy groups -OCH3 is 1. The summed E-state index contributed by atoms with van der Waals surface area (Å²) in [7, 11) is 1.37. The Morgan fingerprint density at radius 2 is 1.89 bits per heavy atom. The lowest BCUT2D eigenvalue weighted by Crippen LogP contribution is -2.30. The number of phenolic OH excluding ortho intramolecular Hbond substituents is 1. The lowest BCUT2D eigenvalue weighted by Gasteiger charge is -2.14. The van der Waals surface area contributed by atoms with E-state index in [1.807, 2.05) is 0 Å². The quantitative estimate of drug-likeness (QED) is 0.433. The number of nitrogens with zero attached hydrogens (tertiary/aromatic N) is 1. The first-order valence-corrected chi connectivity index (χ1v) is 7.91. The highest BCUT2D eigenvalue weighted by Crippen LogP contribution is 2.29. The molecule has 9 nitrogen and oxygen atoms in total. The van der Waals surface area contributed by atoms with Gasteiger partial charge in [-0.2, -0.15) is 0 Å². The molecule has 2 aromatic carbocycles. The number of phenols is 1. The first-order chi connectivity index (χ1) is 12.8. The van der Waals surface area contributed by atoms with Gasteiger partial charge in [0.25, 0.3) is 11.6 Å². The summed E-state index contributed by atoms with van der Waals surface area (Å²) in [6, 6.07) is 9.95. The number of aromatic hydroxyl groups is 1. The standard InChI is InChI=1S/C18H18N2O7/c1-11(27-17(22)9-12-3-5-13(21)6-4-12)18(23)19-15-8-7-14(26-2)10-16(15)20(24)25/h3-8,10-11,21H,9H2,1-2H3,(H,19,23)/t11-/m0/s1. The number of hydrogen-bond donors (Lipinski definition) is 2. The summed E-state index contributed by atoms with van der Waals surface area (Å²) < 4.78 is 9.98. The van der Waals surface area contributed by atoms with Gasteiger partial charge in [-0.1, -0.05) is 12.1 Å². The van der Waals surface area contributed by atoms with Gasteiger partial charge in [-0.15, -0.1) is 0 Å². The van der Waals surface area contributed by atoms with E-state index in [1.165, 1.54) is 44.4 Å². The summed E-state index contributed by atoms with van der Waals surface area (Å²) in [5.74, 6) is -1.01. The highest BCUT2D eigenvalue weighted by atomic mass is 16.6. The second kappa shape index (κ2) is 8.65. The van der Waals surface area contributed by atoms with Crippen molar-refractivity contribution in [1.82, 2.24) is 0 Å². The molecule has 142 valence electrons. The van der Waals surface area contributed by atoms with E-state index in [0.717, 1.165) is 0 Å². The average Bonchev–Trinajstić information content (AvgIpc) is 2.63. The van der Waals surface area contributed by atoms with Crippen LogP contribution >= 0.6 is 0 Å². The molecule has 0 saturated heterocycles. The second-order valence-electron chi connectivity index (χ2n) is 5.60. The van der Waals surface area contributed by atoms with Crippen molar-refractivity contribution >= 4 is 23.3 Å². The molecule has 2 N–H and O–H groups in total. The first kappa shape index (κ1) is 19.7. The molecular weight excluding hydrogens is 356 g/mol. The van der Waals surface area contributed by atoms with E-state index in [-0.39, 0.29) is 29.3 Å². The Morgan fingerprint density at radius 3 is 2.48 bits per heavy atom. The van der Waals surface area contributed by atoms with Gasteiger partial charge in [-0.25, -0.2) is 0 Å². The third-order valence-corrected chi connectivity index (χ3v) is 3.62. The number of nitro groups is 1. The monoisotopic (exact) mass is 374 g/mol. The molecule has 0 aliphatic rings. The first-order valence-electron chi connectivity index (χ1n) is 7.91. The Balaban J connectivity index is 2.00. The van der Waals surface area contributed by atoms with Gasteiger partial charge in [-0.05, 0) is 36.8 Å². The lowest BCUT2D eigenvalue weighted by atomic mass is 10.1. The van der Waals surface area contributed by atoms with E-state index in [9.17, 15) is 24.8 Å².